The van der Waals surface area contributed by atoms with Crippen LogP contribution in [0.1, 0.15) is 18.0 Å². The summed E-state index contributed by atoms with van der Waals surface area (Å²) in [5.41, 5.74) is 1.26. The fourth-order valence-corrected chi connectivity index (χ4v) is 2.95. The van der Waals surface area contributed by atoms with E-state index in [1.54, 1.807) is 0 Å². The second kappa shape index (κ2) is 8.97. The Morgan fingerprint density at radius 1 is 1.05 bits per heavy atom. The minimum atomic E-state index is 0. The molecule has 0 saturated carbocycles. The molecule has 1 aliphatic heterocycles. The van der Waals surface area contributed by atoms with E-state index in [9.17, 15) is 0 Å². The largest absolute Gasteiger partial charge is 0.314 e. The quantitative estimate of drug-likeness (QED) is 0.930. The van der Waals surface area contributed by atoms with Crippen molar-refractivity contribution >= 4 is 35.6 Å². The molecule has 0 bridgehead atoms. The van der Waals surface area contributed by atoms with Gasteiger partial charge >= 0.3 is 0 Å². The van der Waals surface area contributed by atoms with Gasteiger partial charge in [0.1, 0.15) is 0 Å². The Kier molecular flexibility index (Phi) is 7.64. The maximum atomic E-state index is 9.15. The van der Waals surface area contributed by atoms with Crippen molar-refractivity contribution in [2.45, 2.75) is 12.5 Å². The lowest BCUT2D eigenvalue weighted by atomic mass is 9.98. The molecule has 0 aromatic heterocycles. The van der Waals surface area contributed by atoms with Crippen molar-refractivity contribution < 1.29 is 0 Å². The molecule has 0 radical (unpaired) electrons. The molecule has 1 aliphatic rings. The lowest BCUT2D eigenvalue weighted by Gasteiger charge is -2.34. The van der Waals surface area contributed by atoms with Crippen LogP contribution in [0.25, 0.3) is 10.8 Å². The van der Waals surface area contributed by atoms with Gasteiger partial charge in [0, 0.05) is 32.2 Å². The molecule has 1 atom stereocenters. The highest BCUT2D eigenvalue weighted by molar-refractivity contribution is 5.85. The summed E-state index contributed by atoms with van der Waals surface area (Å²) in [5, 5.41) is 15.0. The molecule has 1 N–H and O–H groups in total. The van der Waals surface area contributed by atoms with Gasteiger partial charge in [-0.3, -0.25) is 4.90 Å². The SMILES string of the molecule is Cl.Cl.N#CC[C@@H](c1ccc2ccccc2c1)N1CCNCC1. The van der Waals surface area contributed by atoms with Gasteiger partial charge in [-0.1, -0.05) is 36.4 Å². The Balaban J connectivity index is 0.00000121. The van der Waals surface area contributed by atoms with Gasteiger partial charge in [0.05, 0.1) is 12.5 Å². The highest BCUT2D eigenvalue weighted by Gasteiger charge is 2.21. The van der Waals surface area contributed by atoms with Crippen LogP contribution in [0, 0.1) is 11.3 Å². The first-order valence-electron chi connectivity index (χ1n) is 7.19. The monoisotopic (exact) mass is 337 g/mol. The summed E-state index contributed by atoms with van der Waals surface area (Å²) in [5.74, 6) is 0. The molecule has 1 heterocycles. The van der Waals surface area contributed by atoms with E-state index < -0.39 is 0 Å². The number of rotatable bonds is 3. The van der Waals surface area contributed by atoms with Crippen LogP contribution in [0.3, 0.4) is 0 Å². The average Bonchev–Trinajstić information content (AvgIpc) is 2.53. The number of nitrogens with zero attached hydrogens (tertiary/aromatic N) is 2. The second-order valence-corrected chi connectivity index (χ2v) is 5.27. The molecule has 0 aliphatic carbocycles. The van der Waals surface area contributed by atoms with Crippen LogP contribution >= 0.6 is 24.8 Å². The number of hydrogen-bond acceptors (Lipinski definition) is 3. The van der Waals surface area contributed by atoms with Crippen molar-refractivity contribution in [1.82, 2.24) is 10.2 Å². The van der Waals surface area contributed by atoms with Crippen molar-refractivity contribution in [3.8, 4) is 6.07 Å². The van der Waals surface area contributed by atoms with Crippen LogP contribution in [-0.4, -0.2) is 31.1 Å². The summed E-state index contributed by atoms with van der Waals surface area (Å²) in [6.45, 7) is 4.05. The van der Waals surface area contributed by atoms with Crippen LogP contribution in [0.15, 0.2) is 42.5 Å². The maximum Gasteiger partial charge on any atom is 0.0641 e. The van der Waals surface area contributed by atoms with Crippen LogP contribution < -0.4 is 5.32 Å². The summed E-state index contributed by atoms with van der Waals surface area (Å²) < 4.78 is 0. The molecule has 2 aromatic rings. The van der Waals surface area contributed by atoms with Gasteiger partial charge in [-0.05, 0) is 22.4 Å². The van der Waals surface area contributed by atoms with Gasteiger partial charge in [-0.2, -0.15) is 5.26 Å². The number of nitriles is 1. The number of nitrogens with one attached hydrogen (secondary N) is 1. The first-order valence-corrected chi connectivity index (χ1v) is 7.19. The Hall–Kier alpha value is -1.31. The molecule has 118 valence electrons. The Morgan fingerprint density at radius 2 is 1.73 bits per heavy atom. The number of halogens is 2. The van der Waals surface area contributed by atoms with E-state index >= 15 is 0 Å². The summed E-state index contributed by atoms with van der Waals surface area (Å²) in [7, 11) is 0. The molecule has 0 unspecified atom stereocenters. The zero-order chi connectivity index (χ0) is 13.8. The fraction of sp³-hybridized carbons (Fsp3) is 0.353. The van der Waals surface area contributed by atoms with Crippen molar-refractivity contribution in [1.29, 1.82) is 5.26 Å². The summed E-state index contributed by atoms with van der Waals surface area (Å²) >= 11 is 0. The smallest absolute Gasteiger partial charge is 0.0641 e. The molecule has 5 heteroatoms. The molecule has 3 nitrogen and oxygen atoms in total. The van der Waals surface area contributed by atoms with Gasteiger partial charge in [0.2, 0.25) is 0 Å². The normalized spacial score (nSPS) is 16.1. The molecule has 0 amide bonds. The third-order valence-corrected chi connectivity index (χ3v) is 4.04. The Morgan fingerprint density at radius 3 is 2.41 bits per heavy atom. The molecule has 2 aromatic carbocycles. The standard InChI is InChI=1S/C17H19N3.2ClH/c18-8-7-17(20-11-9-19-10-12-20)16-6-5-14-3-1-2-4-15(14)13-16;;/h1-6,13,17,19H,7,9-12H2;2*1H/t17-;;/m0../s1. The molecule has 1 saturated heterocycles. The minimum absolute atomic E-state index is 0. The van der Waals surface area contributed by atoms with E-state index in [2.05, 4.69) is 58.8 Å². The van der Waals surface area contributed by atoms with Crippen molar-refractivity contribution in [3.63, 3.8) is 0 Å². The van der Waals surface area contributed by atoms with Gasteiger partial charge in [0.25, 0.3) is 0 Å². The summed E-state index contributed by atoms with van der Waals surface area (Å²) in [4.78, 5) is 2.42. The predicted molar refractivity (Wildman–Crippen MR) is 95.9 cm³/mol. The Labute approximate surface area is 144 Å². The highest BCUT2D eigenvalue weighted by atomic mass is 35.5. The van der Waals surface area contributed by atoms with E-state index in [0.29, 0.717) is 6.42 Å². The minimum Gasteiger partial charge on any atom is -0.314 e. The molecule has 0 spiro atoms. The number of hydrogen-bond donors (Lipinski definition) is 1. The number of fused-ring (bicyclic) bond motifs is 1. The van der Waals surface area contributed by atoms with E-state index in [1.165, 1.54) is 16.3 Å². The lowest BCUT2D eigenvalue weighted by Crippen LogP contribution is -2.45. The van der Waals surface area contributed by atoms with Gasteiger partial charge in [-0.15, -0.1) is 24.8 Å². The van der Waals surface area contributed by atoms with Gasteiger partial charge in [-0.25, -0.2) is 0 Å². The fourth-order valence-electron chi connectivity index (χ4n) is 2.95. The highest BCUT2D eigenvalue weighted by Crippen LogP contribution is 2.27. The van der Waals surface area contributed by atoms with E-state index in [1.807, 2.05) is 0 Å². The lowest BCUT2D eigenvalue weighted by molar-refractivity contribution is 0.176. The first-order chi connectivity index (χ1) is 9.88. The predicted octanol–water partition coefficient (Wildman–Crippen LogP) is 3.54. The topological polar surface area (TPSA) is 39.1 Å². The van der Waals surface area contributed by atoms with Gasteiger partial charge in [0.15, 0.2) is 0 Å². The van der Waals surface area contributed by atoms with E-state index in [4.69, 9.17) is 5.26 Å². The number of benzene rings is 2. The van der Waals surface area contributed by atoms with Crippen LogP contribution in [-0.2, 0) is 0 Å². The molecule has 3 rings (SSSR count). The summed E-state index contributed by atoms with van der Waals surface area (Å²) in [6, 6.07) is 17.5. The first kappa shape index (κ1) is 18.7. The zero-order valence-corrected chi connectivity index (χ0v) is 14.0. The molecule has 22 heavy (non-hydrogen) atoms. The molecular formula is C17H21Cl2N3. The average molecular weight is 338 g/mol. The van der Waals surface area contributed by atoms with Crippen LogP contribution in [0.4, 0.5) is 0 Å². The third kappa shape index (κ3) is 4.12. The van der Waals surface area contributed by atoms with Crippen LogP contribution in [0.2, 0.25) is 0 Å². The van der Waals surface area contributed by atoms with Gasteiger partial charge < -0.3 is 5.32 Å². The van der Waals surface area contributed by atoms with Crippen molar-refractivity contribution in [3.05, 3.63) is 48.0 Å². The molecule has 1 fully saturated rings. The zero-order valence-electron chi connectivity index (χ0n) is 12.4. The van der Waals surface area contributed by atoms with Crippen molar-refractivity contribution in [2.75, 3.05) is 26.2 Å². The van der Waals surface area contributed by atoms with E-state index in [-0.39, 0.29) is 30.9 Å². The van der Waals surface area contributed by atoms with Crippen molar-refractivity contribution in [2.24, 2.45) is 0 Å². The third-order valence-electron chi connectivity index (χ3n) is 4.04. The molecular weight excluding hydrogens is 317 g/mol. The summed E-state index contributed by atoms with van der Waals surface area (Å²) in [6.07, 6.45) is 0.554. The Bertz CT molecular complexity index is 633. The maximum absolute atomic E-state index is 9.15. The number of piperazine rings is 1. The van der Waals surface area contributed by atoms with Crippen LogP contribution in [0.5, 0.6) is 0 Å². The second-order valence-electron chi connectivity index (χ2n) is 5.27. The van der Waals surface area contributed by atoms with E-state index in [0.717, 1.165) is 26.2 Å².